The summed E-state index contributed by atoms with van der Waals surface area (Å²) in [5.74, 6) is -1.32. The molecule has 2 aliphatic heterocycles. The zero-order chi connectivity index (χ0) is 21.4. The highest BCUT2D eigenvalue weighted by atomic mass is 35.5. The number of halogens is 1. The molecule has 5 nitrogen and oxygen atoms in total. The number of carbonyl (C=O) groups is 1. The van der Waals surface area contributed by atoms with E-state index < -0.39 is 11.8 Å². The fourth-order valence-corrected chi connectivity index (χ4v) is 4.07. The fourth-order valence-electron chi connectivity index (χ4n) is 3.95. The van der Waals surface area contributed by atoms with Gasteiger partial charge in [0.15, 0.2) is 11.5 Å². The van der Waals surface area contributed by atoms with Gasteiger partial charge >= 0.3 is 5.97 Å². The van der Waals surface area contributed by atoms with Gasteiger partial charge in [0.25, 0.3) is 5.79 Å². The van der Waals surface area contributed by atoms with E-state index in [-0.39, 0.29) is 0 Å². The SMILES string of the molecule is O=C1OC(O)(c2ccc(Cl)cc2)C(Cc2ccccc2)=C1c1ccc2c(c1)OCCO2. The van der Waals surface area contributed by atoms with Crippen LogP contribution in [0.15, 0.2) is 78.4 Å². The molecule has 6 heteroatoms. The van der Waals surface area contributed by atoms with Crippen LogP contribution in [0.25, 0.3) is 5.57 Å². The molecule has 1 unspecified atom stereocenters. The number of cyclic esters (lactones) is 1. The zero-order valence-corrected chi connectivity index (χ0v) is 17.3. The topological polar surface area (TPSA) is 65.0 Å². The monoisotopic (exact) mass is 434 g/mol. The van der Waals surface area contributed by atoms with E-state index in [1.807, 2.05) is 30.3 Å². The van der Waals surface area contributed by atoms with Crippen molar-refractivity contribution < 1.29 is 24.1 Å². The molecule has 2 heterocycles. The Morgan fingerprint density at radius 3 is 2.35 bits per heavy atom. The smallest absolute Gasteiger partial charge is 0.342 e. The van der Waals surface area contributed by atoms with Crippen molar-refractivity contribution in [2.24, 2.45) is 0 Å². The van der Waals surface area contributed by atoms with Crippen LogP contribution in [-0.2, 0) is 21.7 Å². The fraction of sp³-hybridized carbons (Fsp3) is 0.160. The minimum Gasteiger partial charge on any atom is -0.486 e. The molecule has 0 radical (unpaired) electrons. The summed E-state index contributed by atoms with van der Waals surface area (Å²) >= 11 is 6.02. The molecule has 31 heavy (non-hydrogen) atoms. The summed E-state index contributed by atoms with van der Waals surface area (Å²) in [5.41, 5.74) is 2.76. The Balaban J connectivity index is 1.67. The van der Waals surface area contributed by atoms with Crippen LogP contribution in [0, 0.1) is 0 Å². The number of hydrogen-bond acceptors (Lipinski definition) is 5. The Labute approximate surface area is 184 Å². The van der Waals surface area contributed by atoms with E-state index in [2.05, 4.69) is 0 Å². The van der Waals surface area contributed by atoms with Crippen molar-refractivity contribution in [1.82, 2.24) is 0 Å². The maximum absolute atomic E-state index is 13.1. The van der Waals surface area contributed by atoms with Crippen LogP contribution in [0.4, 0.5) is 0 Å². The van der Waals surface area contributed by atoms with Crippen molar-refractivity contribution in [2.45, 2.75) is 12.2 Å². The lowest BCUT2D eigenvalue weighted by molar-refractivity contribution is -0.185. The van der Waals surface area contributed by atoms with Crippen LogP contribution in [0.1, 0.15) is 16.7 Å². The number of benzene rings is 3. The maximum Gasteiger partial charge on any atom is 0.342 e. The lowest BCUT2D eigenvalue weighted by Gasteiger charge is -2.26. The third-order valence-corrected chi connectivity index (χ3v) is 5.70. The molecule has 5 rings (SSSR count). The first-order valence-corrected chi connectivity index (χ1v) is 10.3. The highest BCUT2D eigenvalue weighted by Gasteiger charge is 2.48. The average molecular weight is 435 g/mol. The molecule has 1 N–H and O–H groups in total. The predicted octanol–water partition coefficient (Wildman–Crippen LogP) is 4.51. The van der Waals surface area contributed by atoms with Gasteiger partial charge in [0.05, 0.1) is 5.57 Å². The van der Waals surface area contributed by atoms with Gasteiger partial charge in [0.2, 0.25) is 0 Å². The lowest BCUT2D eigenvalue weighted by Crippen LogP contribution is -2.29. The Morgan fingerprint density at radius 2 is 1.61 bits per heavy atom. The highest BCUT2D eigenvalue weighted by molar-refractivity contribution is 6.30. The number of rotatable bonds is 4. The number of ether oxygens (including phenoxy) is 3. The van der Waals surface area contributed by atoms with E-state index in [0.717, 1.165) is 5.56 Å². The van der Waals surface area contributed by atoms with Crippen molar-refractivity contribution in [3.63, 3.8) is 0 Å². The Hall–Kier alpha value is -3.28. The zero-order valence-electron chi connectivity index (χ0n) is 16.5. The number of aliphatic hydroxyl groups is 1. The number of hydrogen-bond donors (Lipinski definition) is 1. The lowest BCUT2D eigenvalue weighted by atomic mass is 9.88. The molecule has 0 saturated heterocycles. The van der Waals surface area contributed by atoms with Crippen molar-refractivity contribution in [2.75, 3.05) is 13.2 Å². The molecule has 0 fully saturated rings. The molecular weight excluding hydrogens is 416 g/mol. The standard InChI is InChI=1S/C25H19ClO5/c26-19-9-7-18(8-10-19)25(28)20(14-16-4-2-1-3-5-16)23(24(27)31-25)17-6-11-21-22(15-17)30-13-12-29-21/h1-11,15,28H,12-14H2. The third-order valence-electron chi connectivity index (χ3n) is 5.45. The quantitative estimate of drug-likeness (QED) is 0.612. The van der Waals surface area contributed by atoms with E-state index in [1.54, 1.807) is 42.5 Å². The van der Waals surface area contributed by atoms with E-state index in [1.165, 1.54) is 0 Å². The molecule has 0 amide bonds. The summed E-state index contributed by atoms with van der Waals surface area (Å²) in [7, 11) is 0. The number of carbonyl (C=O) groups excluding carboxylic acids is 1. The first-order chi connectivity index (χ1) is 15.0. The summed E-state index contributed by atoms with van der Waals surface area (Å²) < 4.78 is 16.9. The average Bonchev–Trinajstić information content (AvgIpc) is 3.04. The van der Waals surface area contributed by atoms with Crippen molar-refractivity contribution in [3.8, 4) is 11.5 Å². The predicted molar refractivity (Wildman–Crippen MR) is 116 cm³/mol. The van der Waals surface area contributed by atoms with Gasteiger partial charge in [-0.3, -0.25) is 0 Å². The van der Waals surface area contributed by atoms with E-state index in [9.17, 15) is 9.90 Å². The van der Waals surface area contributed by atoms with Crippen LogP contribution in [-0.4, -0.2) is 24.3 Å². The van der Waals surface area contributed by atoms with Gasteiger partial charge < -0.3 is 19.3 Å². The van der Waals surface area contributed by atoms with Gasteiger partial charge in [0.1, 0.15) is 13.2 Å². The number of esters is 1. The van der Waals surface area contributed by atoms with Crippen molar-refractivity contribution >= 4 is 23.1 Å². The second-order valence-corrected chi connectivity index (χ2v) is 7.85. The summed E-state index contributed by atoms with van der Waals surface area (Å²) in [5, 5.41) is 12.1. The van der Waals surface area contributed by atoms with Crippen LogP contribution < -0.4 is 9.47 Å². The van der Waals surface area contributed by atoms with Crippen LogP contribution in [0.2, 0.25) is 5.02 Å². The molecule has 2 aliphatic rings. The van der Waals surface area contributed by atoms with Crippen molar-refractivity contribution in [1.29, 1.82) is 0 Å². The highest BCUT2D eigenvalue weighted by Crippen LogP contribution is 2.46. The van der Waals surface area contributed by atoms with Gasteiger partial charge in [-0.25, -0.2) is 4.79 Å². The summed E-state index contributed by atoms with van der Waals surface area (Å²) in [6.45, 7) is 0.915. The summed E-state index contributed by atoms with van der Waals surface area (Å²) in [6.07, 6.45) is 0.329. The molecular formula is C25H19ClO5. The molecule has 0 aliphatic carbocycles. The molecule has 0 aromatic heterocycles. The molecule has 156 valence electrons. The van der Waals surface area contributed by atoms with Crippen LogP contribution >= 0.6 is 11.6 Å². The van der Waals surface area contributed by atoms with E-state index >= 15 is 0 Å². The van der Waals surface area contributed by atoms with Gasteiger partial charge in [-0.1, -0.05) is 60.1 Å². The first kappa shape index (κ1) is 19.7. The minimum atomic E-state index is -1.90. The Morgan fingerprint density at radius 1 is 0.903 bits per heavy atom. The Bertz CT molecular complexity index is 1170. The minimum absolute atomic E-state index is 0.318. The van der Waals surface area contributed by atoms with Crippen molar-refractivity contribution in [3.05, 3.63) is 100 Å². The first-order valence-electron chi connectivity index (χ1n) is 9.94. The summed E-state index contributed by atoms with van der Waals surface area (Å²) in [6, 6.07) is 21.6. The molecule has 3 aromatic carbocycles. The third kappa shape index (κ3) is 3.56. The van der Waals surface area contributed by atoms with Gasteiger partial charge in [0, 0.05) is 22.6 Å². The van der Waals surface area contributed by atoms with Crippen LogP contribution in [0.5, 0.6) is 11.5 Å². The van der Waals surface area contributed by atoms with Gasteiger partial charge in [-0.05, 0) is 35.4 Å². The molecule has 0 bridgehead atoms. The molecule has 0 saturated carbocycles. The van der Waals surface area contributed by atoms with Gasteiger partial charge in [-0.15, -0.1) is 0 Å². The summed E-state index contributed by atoms with van der Waals surface area (Å²) in [4.78, 5) is 13.1. The second-order valence-electron chi connectivity index (χ2n) is 7.41. The van der Waals surface area contributed by atoms with E-state index in [0.29, 0.717) is 58.4 Å². The Kier molecular flexibility index (Phi) is 4.93. The normalized spacial score (nSPS) is 20.0. The van der Waals surface area contributed by atoms with Crippen LogP contribution in [0.3, 0.4) is 0 Å². The largest absolute Gasteiger partial charge is 0.486 e. The maximum atomic E-state index is 13.1. The van der Waals surface area contributed by atoms with E-state index in [4.69, 9.17) is 25.8 Å². The molecule has 1 atom stereocenters. The second kappa shape index (κ2) is 7.76. The van der Waals surface area contributed by atoms with Gasteiger partial charge in [-0.2, -0.15) is 0 Å². The number of fused-ring (bicyclic) bond motifs is 1. The molecule has 0 spiro atoms. The molecule has 3 aromatic rings.